The number of nitrogens with two attached hydrogens (primary N) is 1. The van der Waals surface area contributed by atoms with Gasteiger partial charge in [-0.15, -0.1) is 0 Å². The number of nitrogens with one attached hydrogen (secondary N) is 1. The van der Waals surface area contributed by atoms with Crippen molar-refractivity contribution in [1.29, 1.82) is 0 Å². The molecule has 0 unspecified atom stereocenters. The molecule has 2 aromatic rings. The lowest BCUT2D eigenvalue weighted by molar-refractivity contribution is 0.614. The molecule has 88 valence electrons. The maximum Gasteiger partial charge on any atom is 0.346 e. The van der Waals surface area contributed by atoms with Crippen LogP contribution in [0.15, 0.2) is 29.2 Å². The molecule has 0 aliphatic heterocycles. The summed E-state index contributed by atoms with van der Waals surface area (Å²) in [6.07, 6.45) is 1.50. The standard InChI is InChI=1S/C11H9ClFN3O/c12-8-2-1-3-9(13)7(8)4-6-5-15-11(17)16-10(6)14/h1-3,5H,4H2,(H3,14,15,16,17). The van der Waals surface area contributed by atoms with Crippen LogP contribution in [0.5, 0.6) is 0 Å². The molecule has 0 saturated heterocycles. The number of rotatable bonds is 2. The third-order valence-corrected chi connectivity index (χ3v) is 2.71. The quantitative estimate of drug-likeness (QED) is 0.856. The van der Waals surface area contributed by atoms with Gasteiger partial charge in [-0.25, -0.2) is 14.2 Å². The molecule has 1 heterocycles. The molecule has 0 saturated carbocycles. The van der Waals surface area contributed by atoms with Crippen LogP contribution in [-0.2, 0) is 6.42 Å². The van der Waals surface area contributed by atoms with E-state index in [9.17, 15) is 9.18 Å². The van der Waals surface area contributed by atoms with E-state index in [1.807, 2.05) is 0 Å². The van der Waals surface area contributed by atoms with E-state index in [4.69, 9.17) is 17.3 Å². The predicted octanol–water partition coefficient (Wildman–Crippen LogP) is 1.74. The molecule has 2 rings (SSSR count). The molecule has 17 heavy (non-hydrogen) atoms. The van der Waals surface area contributed by atoms with E-state index in [2.05, 4.69) is 9.97 Å². The van der Waals surface area contributed by atoms with Crippen LogP contribution in [0.4, 0.5) is 10.2 Å². The normalized spacial score (nSPS) is 10.5. The zero-order valence-corrected chi connectivity index (χ0v) is 9.46. The van der Waals surface area contributed by atoms with Crippen LogP contribution in [0.1, 0.15) is 11.1 Å². The Morgan fingerprint density at radius 3 is 2.88 bits per heavy atom. The number of aromatic amines is 1. The monoisotopic (exact) mass is 253 g/mol. The van der Waals surface area contributed by atoms with Gasteiger partial charge in [-0.3, -0.25) is 4.98 Å². The van der Waals surface area contributed by atoms with Gasteiger partial charge in [0.1, 0.15) is 11.6 Å². The molecule has 0 atom stereocenters. The number of anilines is 1. The fourth-order valence-electron chi connectivity index (χ4n) is 1.47. The van der Waals surface area contributed by atoms with Gasteiger partial charge < -0.3 is 5.73 Å². The molecule has 0 radical (unpaired) electrons. The Morgan fingerprint density at radius 2 is 2.24 bits per heavy atom. The lowest BCUT2D eigenvalue weighted by atomic mass is 10.1. The molecule has 1 aromatic carbocycles. The molecule has 1 aromatic heterocycles. The van der Waals surface area contributed by atoms with Crippen molar-refractivity contribution in [2.75, 3.05) is 5.73 Å². The van der Waals surface area contributed by atoms with Gasteiger partial charge in [0.2, 0.25) is 0 Å². The van der Waals surface area contributed by atoms with Crippen LogP contribution in [0.3, 0.4) is 0 Å². The predicted molar refractivity (Wildman–Crippen MR) is 63.5 cm³/mol. The van der Waals surface area contributed by atoms with Crippen LogP contribution in [0, 0.1) is 5.82 Å². The van der Waals surface area contributed by atoms with Crippen molar-refractivity contribution in [3.05, 3.63) is 56.8 Å². The van der Waals surface area contributed by atoms with E-state index in [0.29, 0.717) is 16.1 Å². The molecule has 0 bridgehead atoms. The number of hydrogen-bond acceptors (Lipinski definition) is 3. The van der Waals surface area contributed by atoms with Crippen molar-refractivity contribution in [3.8, 4) is 0 Å². The van der Waals surface area contributed by atoms with Crippen LogP contribution >= 0.6 is 11.6 Å². The largest absolute Gasteiger partial charge is 0.385 e. The van der Waals surface area contributed by atoms with E-state index in [0.717, 1.165) is 0 Å². The van der Waals surface area contributed by atoms with Crippen molar-refractivity contribution < 1.29 is 4.39 Å². The Kier molecular flexibility index (Phi) is 3.10. The van der Waals surface area contributed by atoms with Gasteiger partial charge in [0.05, 0.1) is 0 Å². The lowest BCUT2D eigenvalue weighted by Crippen LogP contribution is -2.14. The van der Waals surface area contributed by atoms with E-state index >= 15 is 0 Å². The summed E-state index contributed by atoms with van der Waals surface area (Å²) in [5.41, 5.74) is 5.93. The average molecular weight is 254 g/mol. The maximum atomic E-state index is 13.5. The van der Waals surface area contributed by atoms with Crippen molar-refractivity contribution in [1.82, 2.24) is 9.97 Å². The highest BCUT2D eigenvalue weighted by Crippen LogP contribution is 2.23. The Hall–Kier alpha value is -1.88. The number of benzene rings is 1. The number of hydrogen-bond donors (Lipinski definition) is 2. The Bertz CT molecular complexity index is 592. The minimum Gasteiger partial charge on any atom is -0.385 e. The zero-order chi connectivity index (χ0) is 12.4. The molecular formula is C11H9ClFN3O. The third kappa shape index (κ3) is 2.45. The van der Waals surface area contributed by atoms with E-state index < -0.39 is 11.5 Å². The molecule has 6 heteroatoms. The van der Waals surface area contributed by atoms with Gasteiger partial charge in [0.15, 0.2) is 0 Å². The van der Waals surface area contributed by atoms with Gasteiger partial charge in [-0.05, 0) is 12.1 Å². The summed E-state index contributed by atoms with van der Waals surface area (Å²) in [5, 5.41) is 0.315. The minimum absolute atomic E-state index is 0.171. The first-order chi connectivity index (χ1) is 8.08. The second kappa shape index (κ2) is 4.55. The van der Waals surface area contributed by atoms with Crippen molar-refractivity contribution in [3.63, 3.8) is 0 Å². The Balaban J connectivity index is 2.41. The molecule has 0 fully saturated rings. The van der Waals surface area contributed by atoms with Crippen molar-refractivity contribution in [2.24, 2.45) is 0 Å². The fraction of sp³-hybridized carbons (Fsp3) is 0.0909. The van der Waals surface area contributed by atoms with E-state index in [1.54, 1.807) is 6.07 Å². The number of nitrogens with zero attached hydrogens (tertiary/aromatic N) is 1. The molecule has 0 aliphatic rings. The van der Waals surface area contributed by atoms with Gasteiger partial charge in [0.25, 0.3) is 0 Å². The first-order valence-electron chi connectivity index (χ1n) is 4.84. The van der Waals surface area contributed by atoms with Gasteiger partial charge >= 0.3 is 5.69 Å². The lowest BCUT2D eigenvalue weighted by Gasteiger charge is -2.07. The highest BCUT2D eigenvalue weighted by molar-refractivity contribution is 6.31. The fourth-order valence-corrected chi connectivity index (χ4v) is 1.70. The summed E-state index contributed by atoms with van der Waals surface area (Å²) >= 11 is 5.89. The number of nitrogen functional groups attached to an aromatic ring is 1. The van der Waals surface area contributed by atoms with E-state index in [1.165, 1.54) is 18.3 Å². The van der Waals surface area contributed by atoms with Crippen LogP contribution in [-0.4, -0.2) is 9.97 Å². The summed E-state index contributed by atoms with van der Waals surface area (Å²) in [6, 6.07) is 4.43. The summed E-state index contributed by atoms with van der Waals surface area (Å²) in [6.45, 7) is 0. The molecular weight excluding hydrogens is 245 g/mol. The maximum absolute atomic E-state index is 13.5. The molecule has 4 nitrogen and oxygen atoms in total. The van der Waals surface area contributed by atoms with Crippen LogP contribution < -0.4 is 11.4 Å². The van der Waals surface area contributed by atoms with Crippen molar-refractivity contribution >= 4 is 17.4 Å². The SMILES string of the molecule is Nc1[nH]c(=O)ncc1Cc1c(F)cccc1Cl. The Labute approximate surface area is 101 Å². The second-order valence-corrected chi connectivity index (χ2v) is 3.91. The highest BCUT2D eigenvalue weighted by Gasteiger charge is 2.10. The van der Waals surface area contributed by atoms with Crippen molar-refractivity contribution in [2.45, 2.75) is 6.42 Å². The molecule has 0 aliphatic carbocycles. The van der Waals surface area contributed by atoms with E-state index in [-0.39, 0.29) is 12.2 Å². The summed E-state index contributed by atoms with van der Waals surface area (Å²) in [7, 11) is 0. The summed E-state index contributed by atoms with van der Waals surface area (Å²) < 4.78 is 13.5. The molecule has 0 amide bonds. The third-order valence-electron chi connectivity index (χ3n) is 2.35. The number of halogens is 2. The second-order valence-electron chi connectivity index (χ2n) is 3.50. The molecule has 3 N–H and O–H groups in total. The number of aromatic nitrogens is 2. The minimum atomic E-state index is -0.536. The zero-order valence-electron chi connectivity index (χ0n) is 8.71. The summed E-state index contributed by atoms with van der Waals surface area (Å²) in [4.78, 5) is 16.8. The highest BCUT2D eigenvalue weighted by atomic mass is 35.5. The number of H-pyrrole nitrogens is 1. The van der Waals surface area contributed by atoms with Gasteiger partial charge in [-0.2, -0.15) is 0 Å². The first kappa shape index (κ1) is 11.6. The summed E-state index contributed by atoms with van der Waals surface area (Å²) in [5.74, 6) is -0.243. The van der Waals surface area contributed by atoms with Crippen LogP contribution in [0.2, 0.25) is 5.02 Å². The van der Waals surface area contributed by atoms with Crippen LogP contribution in [0.25, 0.3) is 0 Å². The smallest absolute Gasteiger partial charge is 0.346 e. The first-order valence-corrected chi connectivity index (χ1v) is 5.22. The Morgan fingerprint density at radius 1 is 1.47 bits per heavy atom. The molecule has 0 spiro atoms. The topological polar surface area (TPSA) is 71.8 Å². The van der Waals surface area contributed by atoms with Gasteiger partial charge in [-0.1, -0.05) is 17.7 Å². The van der Waals surface area contributed by atoms with Gasteiger partial charge in [0, 0.05) is 28.8 Å². The average Bonchev–Trinajstić information content (AvgIpc) is 2.26.